The fourth-order valence-electron chi connectivity index (χ4n) is 4.16. The van der Waals surface area contributed by atoms with Gasteiger partial charge in [0, 0.05) is 17.8 Å². The van der Waals surface area contributed by atoms with Crippen LogP contribution in [0.4, 0.5) is 5.82 Å². The van der Waals surface area contributed by atoms with Crippen LogP contribution in [-0.2, 0) is 0 Å². The van der Waals surface area contributed by atoms with E-state index in [4.69, 9.17) is 10.1 Å². The first-order chi connectivity index (χ1) is 15.3. The van der Waals surface area contributed by atoms with Gasteiger partial charge in [0.05, 0.1) is 29.3 Å². The van der Waals surface area contributed by atoms with Gasteiger partial charge in [-0.1, -0.05) is 12.1 Å². The lowest BCUT2D eigenvalue weighted by molar-refractivity contribution is 0.478. The van der Waals surface area contributed by atoms with Crippen LogP contribution in [-0.4, -0.2) is 48.3 Å². The van der Waals surface area contributed by atoms with Crippen molar-refractivity contribution in [2.45, 2.75) is 18.9 Å². The van der Waals surface area contributed by atoms with Gasteiger partial charge in [-0.15, -0.1) is 0 Å². The van der Waals surface area contributed by atoms with E-state index in [1.165, 1.54) is 0 Å². The molecule has 1 saturated heterocycles. The summed E-state index contributed by atoms with van der Waals surface area (Å²) in [5.41, 5.74) is 5.34. The van der Waals surface area contributed by atoms with Crippen LogP contribution < -0.4 is 10.6 Å². The molecule has 0 bridgehead atoms. The Kier molecular flexibility index (Phi) is 4.35. The molecule has 1 aliphatic rings. The minimum atomic E-state index is 0.450. The molecule has 1 fully saturated rings. The van der Waals surface area contributed by atoms with E-state index >= 15 is 0 Å². The average Bonchev–Trinajstić information content (AvgIpc) is 3.44. The van der Waals surface area contributed by atoms with Gasteiger partial charge in [-0.25, -0.2) is 19.0 Å². The second-order valence-corrected chi connectivity index (χ2v) is 7.80. The van der Waals surface area contributed by atoms with Gasteiger partial charge in [0.1, 0.15) is 11.5 Å². The van der Waals surface area contributed by atoms with E-state index in [-0.39, 0.29) is 0 Å². The molecule has 0 aromatic carbocycles. The number of aromatic nitrogens is 6. The van der Waals surface area contributed by atoms with Gasteiger partial charge < -0.3 is 10.6 Å². The molecule has 0 aliphatic carbocycles. The molecule has 0 amide bonds. The van der Waals surface area contributed by atoms with Gasteiger partial charge in [0.15, 0.2) is 5.65 Å². The first kappa shape index (κ1) is 18.0. The Bertz CT molecular complexity index is 1360. The quantitative estimate of drug-likeness (QED) is 0.473. The van der Waals surface area contributed by atoms with Crippen LogP contribution in [0, 0.1) is 0 Å². The van der Waals surface area contributed by atoms with Gasteiger partial charge >= 0.3 is 0 Å². The molecule has 6 rings (SSSR count). The highest BCUT2D eigenvalue weighted by Gasteiger charge is 2.15. The molecule has 0 unspecified atom stereocenters. The zero-order valence-corrected chi connectivity index (χ0v) is 16.9. The number of fused-ring (bicyclic) bond motifs is 2. The minimum absolute atomic E-state index is 0.450. The first-order valence-electron chi connectivity index (χ1n) is 10.6. The molecule has 5 aromatic rings. The van der Waals surface area contributed by atoms with E-state index in [0.717, 1.165) is 65.6 Å². The summed E-state index contributed by atoms with van der Waals surface area (Å²) in [5, 5.41) is 16.3. The van der Waals surface area contributed by atoms with Crippen molar-refractivity contribution in [3.05, 3.63) is 67.1 Å². The summed E-state index contributed by atoms with van der Waals surface area (Å²) >= 11 is 0. The zero-order valence-electron chi connectivity index (χ0n) is 16.9. The second kappa shape index (κ2) is 7.48. The number of nitrogens with one attached hydrogen (secondary N) is 2. The van der Waals surface area contributed by atoms with Crippen molar-refractivity contribution in [1.82, 2.24) is 34.5 Å². The average molecular weight is 410 g/mol. The van der Waals surface area contributed by atoms with Crippen molar-refractivity contribution in [3.8, 4) is 22.6 Å². The summed E-state index contributed by atoms with van der Waals surface area (Å²) in [6.45, 7) is 2.09. The standard InChI is InChI=1S/C23H22N8/c1-2-13-30-20(5-1)17(14-26-30)18-7-8-23-25-15-21(31(23)29-18)19-4-3-6-22(28-19)27-16-9-11-24-12-10-16/h1-8,13-16,24H,9-12H2,(H,27,28). The number of nitrogens with zero attached hydrogens (tertiary/aromatic N) is 6. The van der Waals surface area contributed by atoms with Gasteiger partial charge in [0.2, 0.25) is 0 Å². The minimum Gasteiger partial charge on any atom is -0.367 e. The Morgan fingerprint density at radius 3 is 2.81 bits per heavy atom. The Hall–Kier alpha value is -3.78. The highest BCUT2D eigenvalue weighted by atomic mass is 15.3. The second-order valence-electron chi connectivity index (χ2n) is 7.80. The monoisotopic (exact) mass is 410 g/mol. The van der Waals surface area contributed by atoms with E-state index in [1.54, 1.807) is 0 Å². The molecule has 6 heterocycles. The number of imidazole rings is 1. The summed E-state index contributed by atoms with van der Waals surface area (Å²) in [6.07, 6.45) is 7.82. The van der Waals surface area contributed by atoms with Crippen molar-refractivity contribution in [3.63, 3.8) is 0 Å². The number of anilines is 1. The number of hydrogen-bond acceptors (Lipinski definition) is 6. The van der Waals surface area contributed by atoms with Crippen LogP contribution in [0.25, 0.3) is 33.8 Å². The molecule has 1 aliphatic heterocycles. The van der Waals surface area contributed by atoms with Gasteiger partial charge in [-0.2, -0.15) is 10.2 Å². The van der Waals surface area contributed by atoms with Crippen LogP contribution in [0.2, 0.25) is 0 Å². The summed E-state index contributed by atoms with van der Waals surface area (Å²) in [6, 6.07) is 16.5. The first-order valence-corrected chi connectivity index (χ1v) is 10.6. The molecule has 0 atom stereocenters. The van der Waals surface area contributed by atoms with Crippen molar-refractivity contribution < 1.29 is 0 Å². The van der Waals surface area contributed by atoms with Crippen LogP contribution in [0.1, 0.15) is 12.8 Å². The number of pyridine rings is 2. The van der Waals surface area contributed by atoms with Crippen LogP contribution in [0.5, 0.6) is 0 Å². The fraction of sp³-hybridized carbons (Fsp3) is 0.217. The van der Waals surface area contributed by atoms with E-state index < -0.39 is 0 Å². The Balaban J connectivity index is 1.38. The molecule has 31 heavy (non-hydrogen) atoms. The number of hydrogen-bond donors (Lipinski definition) is 2. The van der Waals surface area contributed by atoms with Gasteiger partial charge in [0.25, 0.3) is 0 Å². The summed E-state index contributed by atoms with van der Waals surface area (Å²) in [7, 11) is 0. The number of rotatable bonds is 4. The molecule has 8 nitrogen and oxygen atoms in total. The molecule has 2 N–H and O–H groups in total. The maximum atomic E-state index is 4.88. The Morgan fingerprint density at radius 1 is 0.935 bits per heavy atom. The lowest BCUT2D eigenvalue weighted by atomic mass is 10.1. The molecule has 0 saturated carbocycles. The van der Waals surface area contributed by atoms with Crippen LogP contribution >= 0.6 is 0 Å². The highest BCUT2D eigenvalue weighted by Crippen LogP contribution is 2.25. The van der Waals surface area contributed by atoms with Crippen LogP contribution in [0.3, 0.4) is 0 Å². The summed E-state index contributed by atoms with van der Waals surface area (Å²) < 4.78 is 3.71. The SMILES string of the molecule is c1cc(NC2CCNCC2)nc(-c2cnc3ccc(-c4cnn5ccccc45)nn23)c1. The molecular formula is C23H22N8. The van der Waals surface area contributed by atoms with Gasteiger partial charge in [-0.05, 0) is 62.3 Å². The zero-order chi connectivity index (χ0) is 20.6. The molecular weight excluding hydrogens is 388 g/mol. The van der Waals surface area contributed by atoms with Gasteiger partial charge in [-0.3, -0.25) is 0 Å². The largest absolute Gasteiger partial charge is 0.367 e. The fourth-order valence-corrected chi connectivity index (χ4v) is 4.16. The van der Waals surface area contributed by atoms with Crippen molar-refractivity contribution in [2.24, 2.45) is 0 Å². The van der Waals surface area contributed by atoms with Crippen LogP contribution in [0.15, 0.2) is 67.1 Å². The topological polar surface area (TPSA) is 84.4 Å². The third-order valence-corrected chi connectivity index (χ3v) is 5.77. The summed E-state index contributed by atoms with van der Waals surface area (Å²) in [5.74, 6) is 0.887. The predicted octanol–water partition coefficient (Wildman–Crippen LogP) is 3.27. The smallest absolute Gasteiger partial charge is 0.154 e. The molecule has 0 spiro atoms. The summed E-state index contributed by atoms with van der Waals surface area (Å²) in [4.78, 5) is 9.39. The highest BCUT2D eigenvalue weighted by molar-refractivity contribution is 5.78. The normalized spacial score (nSPS) is 15.0. The molecule has 8 heteroatoms. The van der Waals surface area contributed by atoms with E-state index in [2.05, 4.69) is 20.7 Å². The maximum Gasteiger partial charge on any atom is 0.154 e. The van der Waals surface area contributed by atoms with E-state index in [9.17, 15) is 0 Å². The van der Waals surface area contributed by atoms with Crippen molar-refractivity contribution >= 4 is 17.0 Å². The third-order valence-electron chi connectivity index (χ3n) is 5.77. The third kappa shape index (κ3) is 3.30. The van der Waals surface area contributed by atoms with E-state index in [1.807, 2.05) is 76.2 Å². The number of piperidine rings is 1. The van der Waals surface area contributed by atoms with Crippen molar-refractivity contribution in [2.75, 3.05) is 18.4 Å². The molecule has 5 aromatic heterocycles. The maximum absolute atomic E-state index is 4.88. The Labute approximate surface area is 179 Å². The Morgan fingerprint density at radius 2 is 1.87 bits per heavy atom. The van der Waals surface area contributed by atoms with E-state index in [0.29, 0.717) is 6.04 Å². The predicted molar refractivity (Wildman–Crippen MR) is 120 cm³/mol. The molecule has 154 valence electrons. The molecule has 0 radical (unpaired) electrons. The lowest BCUT2D eigenvalue weighted by Crippen LogP contribution is -2.35. The van der Waals surface area contributed by atoms with Crippen molar-refractivity contribution in [1.29, 1.82) is 0 Å². The lowest BCUT2D eigenvalue weighted by Gasteiger charge is -2.24.